The number of halogens is 1. The Morgan fingerprint density at radius 3 is 2.80 bits per heavy atom. The monoisotopic (exact) mass is 362 g/mol. The maximum atomic E-state index is 6.34. The van der Waals surface area contributed by atoms with Crippen molar-refractivity contribution >= 4 is 23.2 Å². The van der Waals surface area contributed by atoms with E-state index in [-0.39, 0.29) is 12.4 Å². The van der Waals surface area contributed by atoms with Crippen LogP contribution in [0, 0.1) is 12.8 Å². The van der Waals surface area contributed by atoms with Gasteiger partial charge in [0.1, 0.15) is 11.9 Å². The molecule has 4 rings (SSSR count). The minimum Gasteiger partial charge on any atom is -0.490 e. The number of hydrogen-bond donors (Lipinski definition) is 0. The Balaban J connectivity index is 0.00000182. The second-order valence-corrected chi connectivity index (χ2v) is 7.19. The normalized spacial score (nSPS) is 22.0. The van der Waals surface area contributed by atoms with Crippen LogP contribution in [0.5, 0.6) is 5.75 Å². The van der Waals surface area contributed by atoms with E-state index < -0.39 is 0 Å². The number of likely N-dealkylation sites (tertiary alicyclic amines) is 1. The van der Waals surface area contributed by atoms with Gasteiger partial charge in [-0.2, -0.15) is 0 Å². The van der Waals surface area contributed by atoms with Gasteiger partial charge in [0.15, 0.2) is 0 Å². The SMILES string of the molecule is Cc1cc2cnccc2cc1OC1CCN(CC2CCOC2)CC1.Cl. The second-order valence-electron chi connectivity index (χ2n) is 7.19. The Hall–Kier alpha value is -1.36. The molecule has 0 amide bonds. The molecule has 1 atom stereocenters. The zero-order valence-corrected chi connectivity index (χ0v) is 15.6. The van der Waals surface area contributed by atoms with Gasteiger partial charge in [0, 0.05) is 44.0 Å². The third-order valence-corrected chi connectivity index (χ3v) is 5.30. The molecule has 0 N–H and O–H groups in total. The number of benzene rings is 1. The van der Waals surface area contributed by atoms with E-state index in [1.807, 2.05) is 18.5 Å². The van der Waals surface area contributed by atoms with Crippen LogP contribution in [-0.4, -0.2) is 48.8 Å². The number of fused-ring (bicyclic) bond motifs is 1. The van der Waals surface area contributed by atoms with E-state index >= 15 is 0 Å². The smallest absolute Gasteiger partial charge is 0.123 e. The maximum absolute atomic E-state index is 6.34. The highest BCUT2D eigenvalue weighted by molar-refractivity contribution is 5.85. The molecule has 2 aliphatic rings. The minimum absolute atomic E-state index is 0. The molecular formula is C20H27ClN2O2. The molecule has 1 aromatic carbocycles. The van der Waals surface area contributed by atoms with Crippen LogP contribution < -0.4 is 4.74 Å². The van der Waals surface area contributed by atoms with Crippen LogP contribution >= 0.6 is 12.4 Å². The molecule has 4 nitrogen and oxygen atoms in total. The van der Waals surface area contributed by atoms with Crippen LogP contribution in [0.2, 0.25) is 0 Å². The van der Waals surface area contributed by atoms with Gasteiger partial charge in [-0.1, -0.05) is 0 Å². The van der Waals surface area contributed by atoms with Crippen LogP contribution in [0.25, 0.3) is 10.8 Å². The molecule has 2 saturated heterocycles. The maximum Gasteiger partial charge on any atom is 0.123 e. The Morgan fingerprint density at radius 1 is 1.20 bits per heavy atom. The number of pyridine rings is 1. The molecule has 0 aliphatic carbocycles. The summed E-state index contributed by atoms with van der Waals surface area (Å²) in [6.45, 7) is 7.48. The fourth-order valence-corrected chi connectivity index (χ4v) is 3.84. The van der Waals surface area contributed by atoms with Gasteiger partial charge in [0.05, 0.1) is 6.61 Å². The van der Waals surface area contributed by atoms with Gasteiger partial charge in [0.2, 0.25) is 0 Å². The molecule has 2 fully saturated rings. The van der Waals surface area contributed by atoms with Gasteiger partial charge in [-0.25, -0.2) is 0 Å². The summed E-state index contributed by atoms with van der Waals surface area (Å²) in [5, 5.41) is 2.38. The molecular weight excluding hydrogens is 336 g/mol. The topological polar surface area (TPSA) is 34.6 Å². The van der Waals surface area contributed by atoms with Crippen molar-refractivity contribution in [2.24, 2.45) is 5.92 Å². The van der Waals surface area contributed by atoms with Gasteiger partial charge in [-0.15, -0.1) is 12.4 Å². The number of ether oxygens (including phenoxy) is 2. The van der Waals surface area contributed by atoms with Gasteiger partial charge >= 0.3 is 0 Å². The van der Waals surface area contributed by atoms with Crippen LogP contribution in [-0.2, 0) is 4.74 Å². The molecule has 2 aromatic rings. The average Bonchev–Trinajstić information content (AvgIpc) is 3.10. The lowest BCUT2D eigenvalue weighted by Crippen LogP contribution is -2.40. The molecule has 1 unspecified atom stereocenters. The van der Waals surface area contributed by atoms with Crippen LogP contribution in [0.15, 0.2) is 30.6 Å². The van der Waals surface area contributed by atoms with Crippen molar-refractivity contribution < 1.29 is 9.47 Å². The summed E-state index contributed by atoms with van der Waals surface area (Å²) in [5.41, 5.74) is 1.20. The molecule has 0 saturated carbocycles. The van der Waals surface area contributed by atoms with Gasteiger partial charge in [0.25, 0.3) is 0 Å². The van der Waals surface area contributed by atoms with Crippen molar-refractivity contribution in [3.63, 3.8) is 0 Å². The van der Waals surface area contributed by atoms with Crippen LogP contribution in [0.1, 0.15) is 24.8 Å². The van der Waals surface area contributed by atoms with Crippen molar-refractivity contribution in [3.8, 4) is 5.75 Å². The Bertz CT molecular complexity index is 695. The van der Waals surface area contributed by atoms with Gasteiger partial charge in [-0.05, 0) is 61.3 Å². The first-order chi connectivity index (χ1) is 11.8. The summed E-state index contributed by atoms with van der Waals surface area (Å²) < 4.78 is 11.8. The van der Waals surface area contributed by atoms with E-state index in [2.05, 4.69) is 28.9 Å². The Labute approximate surface area is 155 Å². The van der Waals surface area contributed by atoms with Crippen molar-refractivity contribution in [2.45, 2.75) is 32.3 Å². The average molecular weight is 363 g/mol. The van der Waals surface area contributed by atoms with E-state index in [4.69, 9.17) is 9.47 Å². The lowest BCUT2D eigenvalue weighted by Gasteiger charge is -2.33. The molecule has 5 heteroatoms. The molecule has 2 aliphatic heterocycles. The minimum atomic E-state index is 0. The van der Waals surface area contributed by atoms with Crippen molar-refractivity contribution in [3.05, 3.63) is 36.2 Å². The highest BCUT2D eigenvalue weighted by Gasteiger charge is 2.25. The molecule has 136 valence electrons. The van der Waals surface area contributed by atoms with Gasteiger partial charge in [-0.3, -0.25) is 4.98 Å². The highest BCUT2D eigenvalue weighted by Crippen LogP contribution is 2.28. The van der Waals surface area contributed by atoms with Crippen molar-refractivity contribution in [1.82, 2.24) is 9.88 Å². The number of nitrogens with zero attached hydrogens (tertiary/aromatic N) is 2. The van der Waals surface area contributed by atoms with Crippen LogP contribution in [0.4, 0.5) is 0 Å². The quantitative estimate of drug-likeness (QED) is 0.827. The third-order valence-electron chi connectivity index (χ3n) is 5.30. The van der Waals surface area contributed by atoms with Crippen molar-refractivity contribution in [1.29, 1.82) is 0 Å². The standard InChI is InChI=1S/C20H26N2O2.ClH/c1-15-10-18-12-21-6-2-17(18)11-20(15)24-19-3-7-22(8-4-19)13-16-5-9-23-14-16;/h2,6,10-12,16,19H,3-5,7-9,13-14H2,1H3;1H. The second kappa shape index (κ2) is 8.35. The summed E-state index contributed by atoms with van der Waals surface area (Å²) in [6, 6.07) is 6.38. The lowest BCUT2D eigenvalue weighted by molar-refractivity contribution is 0.0877. The predicted octanol–water partition coefficient (Wildman–Crippen LogP) is 3.84. The summed E-state index contributed by atoms with van der Waals surface area (Å²) in [5.74, 6) is 1.76. The molecule has 0 radical (unpaired) electrons. The molecule has 0 spiro atoms. The van der Waals surface area contributed by atoms with Gasteiger partial charge < -0.3 is 14.4 Å². The first-order valence-electron chi connectivity index (χ1n) is 9.09. The van der Waals surface area contributed by atoms with E-state index in [1.165, 1.54) is 29.3 Å². The summed E-state index contributed by atoms with van der Waals surface area (Å²) in [6.07, 6.45) is 7.54. The van der Waals surface area contributed by atoms with E-state index in [1.54, 1.807) is 0 Å². The molecule has 0 bridgehead atoms. The fraction of sp³-hybridized carbons (Fsp3) is 0.550. The predicted molar refractivity (Wildman–Crippen MR) is 103 cm³/mol. The van der Waals surface area contributed by atoms with E-state index in [0.717, 1.165) is 50.8 Å². The number of aromatic nitrogens is 1. The Morgan fingerprint density at radius 2 is 2.04 bits per heavy atom. The summed E-state index contributed by atoms with van der Waals surface area (Å²) in [4.78, 5) is 6.78. The number of rotatable bonds is 4. The first-order valence-corrected chi connectivity index (χ1v) is 9.09. The third kappa shape index (κ3) is 4.43. The highest BCUT2D eigenvalue weighted by atomic mass is 35.5. The number of piperidine rings is 1. The van der Waals surface area contributed by atoms with Crippen molar-refractivity contribution in [2.75, 3.05) is 32.8 Å². The zero-order valence-electron chi connectivity index (χ0n) is 14.8. The van der Waals surface area contributed by atoms with Crippen LogP contribution in [0.3, 0.4) is 0 Å². The summed E-state index contributed by atoms with van der Waals surface area (Å²) in [7, 11) is 0. The molecule has 3 heterocycles. The fourth-order valence-electron chi connectivity index (χ4n) is 3.84. The molecule has 25 heavy (non-hydrogen) atoms. The van der Waals surface area contributed by atoms with E-state index in [0.29, 0.717) is 6.10 Å². The molecule has 1 aromatic heterocycles. The summed E-state index contributed by atoms with van der Waals surface area (Å²) >= 11 is 0. The zero-order chi connectivity index (χ0) is 16.4. The number of hydrogen-bond acceptors (Lipinski definition) is 4. The first kappa shape index (κ1) is 18.4. The number of aryl methyl sites for hydroxylation is 1. The lowest BCUT2D eigenvalue weighted by atomic mass is 10.0. The van der Waals surface area contributed by atoms with E-state index in [9.17, 15) is 0 Å². The largest absolute Gasteiger partial charge is 0.490 e. The Kier molecular flexibility index (Phi) is 6.15.